The number of unbranched alkanes of at least 4 members (excludes halogenated alkanes) is 1. The first-order valence-corrected chi connectivity index (χ1v) is 8.46. The number of nitrogens with two attached hydrogens (primary N) is 1. The van der Waals surface area contributed by atoms with Gasteiger partial charge in [-0.1, -0.05) is 6.92 Å². The summed E-state index contributed by atoms with van der Waals surface area (Å²) < 4.78 is 0. The molecule has 0 radical (unpaired) electrons. The van der Waals surface area contributed by atoms with Crippen molar-refractivity contribution in [3.8, 4) is 0 Å². The number of amides is 2. The summed E-state index contributed by atoms with van der Waals surface area (Å²) in [6, 6.07) is -1.06. The average Bonchev–Trinajstić information content (AvgIpc) is 3.18. The number of carbonyl (C=O) groups is 3. The Morgan fingerprint density at radius 3 is 2.71 bits per heavy atom. The number of aliphatic carboxylic acids is 1. The number of carbonyl (C=O) groups excluding carboxylic acids is 2. The van der Waals surface area contributed by atoms with Gasteiger partial charge in [0.15, 0.2) is 0 Å². The smallest absolute Gasteiger partial charge is 0.320 e. The van der Waals surface area contributed by atoms with E-state index in [1.165, 1.54) is 0 Å². The van der Waals surface area contributed by atoms with E-state index >= 15 is 0 Å². The Morgan fingerprint density at radius 1 is 1.50 bits per heavy atom. The molecule has 0 aliphatic carbocycles. The van der Waals surface area contributed by atoms with Crippen molar-refractivity contribution in [2.75, 3.05) is 13.1 Å². The lowest BCUT2D eigenvalue weighted by Crippen LogP contribution is -2.36. The van der Waals surface area contributed by atoms with Crippen molar-refractivity contribution in [1.29, 1.82) is 0 Å². The topological polar surface area (TPSA) is 134 Å². The third-order valence-corrected chi connectivity index (χ3v) is 4.01. The Kier molecular flexibility index (Phi) is 8.99. The summed E-state index contributed by atoms with van der Waals surface area (Å²) in [4.78, 5) is 36.5. The van der Waals surface area contributed by atoms with Crippen molar-refractivity contribution < 1.29 is 19.5 Å². The van der Waals surface area contributed by atoms with Gasteiger partial charge >= 0.3 is 5.97 Å². The minimum atomic E-state index is -0.979. The highest BCUT2D eigenvalue weighted by atomic mass is 16.4. The van der Waals surface area contributed by atoms with E-state index in [1.54, 1.807) is 6.21 Å². The van der Waals surface area contributed by atoms with Gasteiger partial charge in [-0.3, -0.25) is 19.4 Å². The highest BCUT2D eigenvalue weighted by molar-refractivity contribution is 5.85. The van der Waals surface area contributed by atoms with Gasteiger partial charge in [0, 0.05) is 25.7 Å². The molecule has 2 heterocycles. The van der Waals surface area contributed by atoms with Gasteiger partial charge in [-0.2, -0.15) is 0 Å². The van der Waals surface area contributed by atoms with Crippen molar-refractivity contribution in [3.05, 3.63) is 0 Å². The summed E-state index contributed by atoms with van der Waals surface area (Å²) in [5.41, 5.74) is 5.37. The van der Waals surface area contributed by atoms with Gasteiger partial charge in [0.05, 0.1) is 0 Å². The maximum Gasteiger partial charge on any atom is 0.320 e. The van der Waals surface area contributed by atoms with Crippen LogP contribution in [-0.4, -0.2) is 54.3 Å². The predicted molar refractivity (Wildman–Crippen MR) is 90.8 cm³/mol. The van der Waals surface area contributed by atoms with Crippen LogP contribution in [0, 0.1) is 5.92 Å². The van der Waals surface area contributed by atoms with Crippen molar-refractivity contribution in [2.24, 2.45) is 16.6 Å². The van der Waals surface area contributed by atoms with E-state index in [0.29, 0.717) is 19.4 Å². The zero-order valence-electron chi connectivity index (χ0n) is 14.2. The van der Waals surface area contributed by atoms with Crippen LogP contribution in [0.1, 0.15) is 45.4 Å². The summed E-state index contributed by atoms with van der Waals surface area (Å²) in [6.45, 7) is 3.44. The highest BCUT2D eigenvalue weighted by Gasteiger charge is 2.26. The number of aliphatic imine (C=N–C) groups is 1. The first-order valence-electron chi connectivity index (χ1n) is 8.46. The first-order chi connectivity index (χ1) is 11.4. The molecule has 0 saturated carbocycles. The summed E-state index contributed by atoms with van der Waals surface area (Å²) >= 11 is 0. The SMILES string of the molecule is C[C@@H]1CC=N[C@H]1C(=O)NCCCCC(N)C(=O)O.O=C1CCCN1. The fourth-order valence-corrected chi connectivity index (χ4v) is 2.44. The van der Waals surface area contributed by atoms with E-state index in [9.17, 15) is 14.4 Å². The van der Waals surface area contributed by atoms with Crippen molar-refractivity contribution >= 4 is 24.0 Å². The largest absolute Gasteiger partial charge is 0.480 e. The second-order valence-electron chi connectivity index (χ2n) is 6.17. The molecule has 136 valence electrons. The minimum absolute atomic E-state index is 0.0428. The maximum absolute atomic E-state index is 11.7. The number of rotatable bonds is 7. The lowest BCUT2D eigenvalue weighted by molar-refractivity contribution is -0.138. The summed E-state index contributed by atoms with van der Waals surface area (Å²) in [5, 5.41) is 14.1. The van der Waals surface area contributed by atoms with Crippen LogP contribution in [0.3, 0.4) is 0 Å². The van der Waals surface area contributed by atoms with E-state index in [-0.39, 0.29) is 23.8 Å². The van der Waals surface area contributed by atoms with Crippen LogP contribution in [0.5, 0.6) is 0 Å². The van der Waals surface area contributed by atoms with E-state index in [4.69, 9.17) is 10.8 Å². The number of hydrogen-bond acceptors (Lipinski definition) is 5. The van der Waals surface area contributed by atoms with E-state index in [0.717, 1.165) is 32.2 Å². The Bertz CT molecular complexity index is 459. The highest BCUT2D eigenvalue weighted by Crippen LogP contribution is 2.16. The fourth-order valence-electron chi connectivity index (χ4n) is 2.44. The minimum Gasteiger partial charge on any atom is -0.480 e. The van der Waals surface area contributed by atoms with Gasteiger partial charge in [0.1, 0.15) is 12.1 Å². The van der Waals surface area contributed by atoms with Crippen LogP contribution in [0.2, 0.25) is 0 Å². The standard InChI is InChI=1S/C12H21N3O3.C4H7NO/c1-8-5-7-14-10(8)11(16)15-6-3-2-4-9(13)12(17)18;6-4-2-1-3-5-4/h7-10H,2-6,13H2,1H3,(H,15,16)(H,17,18);1-3H2,(H,5,6)/t8-,9?,10-;/m1./s1. The lowest BCUT2D eigenvalue weighted by Gasteiger charge is -2.13. The molecule has 0 aromatic carbocycles. The molecular formula is C16H28N4O4. The average molecular weight is 340 g/mol. The summed E-state index contributed by atoms with van der Waals surface area (Å²) in [6.07, 6.45) is 6.27. The fraction of sp³-hybridized carbons (Fsp3) is 0.750. The molecule has 24 heavy (non-hydrogen) atoms. The van der Waals surface area contributed by atoms with Gasteiger partial charge in [0.2, 0.25) is 11.8 Å². The maximum atomic E-state index is 11.7. The molecule has 2 amide bonds. The molecule has 2 rings (SSSR count). The monoisotopic (exact) mass is 340 g/mol. The zero-order chi connectivity index (χ0) is 17.9. The van der Waals surface area contributed by atoms with Crippen LogP contribution in [0.25, 0.3) is 0 Å². The van der Waals surface area contributed by atoms with Crippen LogP contribution in [0.4, 0.5) is 0 Å². The molecule has 0 aromatic rings. The number of nitrogens with zero attached hydrogens (tertiary/aromatic N) is 1. The van der Waals surface area contributed by atoms with Gasteiger partial charge < -0.3 is 21.5 Å². The lowest BCUT2D eigenvalue weighted by atomic mass is 10.0. The van der Waals surface area contributed by atoms with E-state index < -0.39 is 12.0 Å². The molecule has 8 nitrogen and oxygen atoms in total. The number of carboxylic acid groups (broad SMARTS) is 1. The molecule has 0 aromatic heterocycles. The molecule has 1 unspecified atom stereocenters. The van der Waals surface area contributed by atoms with Crippen molar-refractivity contribution in [1.82, 2.24) is 10.6 Å². The zero-order valence-corrected chi connectivity index (χ0v) is 14.2. The number of carboxylic acids is 1. The van der Waals surface area contributed by atoms with Crippen LogP contribution in [0.15, 0.2) is 4.99 Å². The van der Waals surface area contributed by atoms with Crippen molar-refractivity contribution in [2.45, 2.75) is 57.5 Å². The van der Waals surface area contributed by atoms with E-state index in [2.05, 4.69) is 15.6 Å². The third kappa shape index (κ3) is 7.54. The summed E-state index contributed by atoms with van der Waals surface area (Å²) in [5.74, 6) is -0.549. The first kappa shape index (κ1) is 20.1. The molecule has 8 heteroatoms. The molecule has 1 saturated heterocycles. The molecule has 1 fully saturated rings. The second kappa shape index (κ2) is 10.7. The van der Waals surface area contributed by atoms with Gasteiger partial charge in [-0.05, 0) is 38.0 Å². The third-order valence-electron chi connectivity index (χ3n) is 4.01. The van der Waals surface area contributed by atoms with Crippen LogP contribution in [-0.2, 0) is 14.4 Å². The van der Waals surface area contributed by atoms with Gasteiger partial charge in [0.25, 0.3) is 0 Å². The Balaban J connectivity index is 0.000000400. The molecule has 3 atom stereocenters. The van der Waals surface area contributed by atoms with Gasteiger partial charge in [-0.15, -0.1) is 0 Å². The molecule has 0 bridgehead atoms. The number of hydrogen-bond donors (Lipinski definition) is 4. The van der Waals surface area contributed by atoms with Crippen molar-refractivity contribution in [3.63, 3.8) is 0 Å². The molecular weight excluding hydrogens is 312 g/mol. The molecule has 5 N–H and O–H groups in total. The summed E-state index contributed by atoms with van der Waals surface area (Å²) in [7, 11) is 0. The Morgan fingerprint density at radius 2 is 2.25 bits per heavy atom. The predicted octanol–water partition coefficient (Wildman–Crippen LogP) is 0.0604. The normalized spacial score (nSPS) is 23.2. The van der Waals surface area contributed by atoms with Crippen LogP contribution < -0.4 is 16.4 Å². The second-order valence-corrected chi connectivity index (χ2v) is 6.17. The van der Waals surface area contributed by atoms with Crippen LogP contribution >= 0.6 is 0 Å². The quantitative estimate of drug-likeness (QED) is 0.486. The Hall–Kier alpha value is -1.96. The number of nitrogens with one attached hydrogen (secondary N) is 2. The molecule has 2 aliphatic heterocycles. The Labute approximate surface area is 142 Å². The van der Waals surface area contributed by atoms with E-state index in [1.807, 2.05) is 6.92 Å². The molecule has 2 aliphatic rings. The van der Waals surface area contributed by atoms with Gasteiger partial charge in [-0.25, -0.2) is 0 Å². The molecule has 0 spiro atoms.